The van der Waals surface area contributed by atoms with Crippen LogP contribution in [0, 0.1) is 0 Å². The number of alkyl halides is 1. The monoisotopic (exact) mass is 248 g/mol. The molecule has 1 rings (SSSR count). The number of methoxy groups -OCH3 is 1. The molecule has 1 aromatic rings. The fourth-order valence-corrected chi connectivity index (χ4v) is 2.19. The number of hydrogen-bond donors (Lipinski definition) is 0. The molecule has 1 unspecified atom stereocenters. The number of rotatable bonds is 7. The highest BCUT2D eigenvalue weighted by atomic mass is 35.5. The van der Waals surface area contributed by atoms with E-state index in [2.05, 4.69) is 17.1 Å². The molecule has 0 aromatic carbocycles. The van der Waals surface area contributed by atoms with Crippen molar-refractivity contribution in [3.63, 3.8) is 0 Å². The zero-order valence-electron chi connectivity index (χ0n) is 9.20. The van der Waals surface area contributed by atoms with Crippen LogP contribution in [0.3, 0.4) is 0 Å². The van der Waals surface area contributed by atoms with Crippen LogP contribution in [0.5, 0.6) is 0 Å². The molecule has 0 spiro atoms. The van der Waals surface area contributed by atoms with E-state index in [-0.39, 0.29) is 0 Å². The standard InChI is InChI=1S/C10H17ClN2OS/c1-8(14-2)5-6-10-13-12-9(15-10)4-3-7-11/h8H,3-7H2,1-2H3. The molecule has 0 aliphatic carbocycles. The molecule has 86 valence electrons. The van der Waals surface area contributed by atoms with Crippen LogP contribution in [0.2, 0.25) is 0 Å². The SMILES string of the molecule is COC(C)CCc1nnc(CCCCl)s1. The van der Waals surface area contributed by atoms with Gasteiger partial charge in [-0.05, 0) is 19.8 Å². The topological polar surface area (TPSA) is 35.0 Å². The van der Waals surface area contributed by atoms with E-state index in [9.17, 15) is 0 Å². The van der Waals surface area contributed by atoms with Crippen LogP contribution in [0.25, 0.3) is 0 Å². The van der Waals surface area contributed by atoms with Crippen molar-refractivity contribution in [2.45, 2.75) is 38.7 Å². The first-order valence-corrected chi connectivity index (χ1v) is 6.51. The van der Waals surface area contributed by atoms with Crippen molar-refractivity contribution in [2.75, 3.05) is 13.0 Å². The average Bonchev–Trinajstić information content (AvgIpc) is 2.71. The summed E-state index contributed by atoms with van der Waals surface area (Å²) in [6, 6.07) is 0. The van der Waals surface area contributed by atoms with Crippen LogP contribution < -0.4 is 0 Å². The van der Waals surface area contributed by atoms with Gasteiger partial charge in [-0.3, -0.25) is 0 Å². The summed E-state index contributed by atoms with van der Waals surface area (Å²) in [5.41, 5.74) is 0. The highest BCUT2D eigenvalue weighted by molar-refractivity contribution is 7.11. The second kappa shape index (κ2) is 7.14. The van der Waals surface area contributed by atoms with Crippen LogP contribution in [0.15, 0.2) is 0 Å². The summed E-state index contributed by atoms with van der Waals surface area (Å²) < 4.78 is 5.18. The average molecular weight is 249 g/mol. The molecule has 1 atom stereocenters. The maximum absolute atomic E-state index is 5.62. The maximum atomic E-state index is 5.62. The summed E-state index contributed by atoms with van der Waals surface area (Å²) in [6.07, 6.45) is 4.17. The van der Waals surface area contributed by atoms with E-state index in [0.717, 1.165) is 35.7 Å². The zero-order valence-corrected chi connectivity index (χ0v) is 10.8. The van der Waals surface area contributed by atoms with Crippen molar-refractivity contribution >= 4 is 22.9 Å². The molecule has 0 aliphatic heterocycles. The smallest absolute Gasteiger partial charge is 0.117 e. The summed E-state index contributed by atoms with van der Waals surface area (Å²) >= 11 is 7.31. The molecule has 0 saturated heterocycles. The van der Waals surface area contributed by atoms with Gasteiger partial charge in [0, 0.05) is 25.8 Å². The minimum absolute atomic E-state index is 0.292. The van der Waals surface area contributed by atoms with Crippen LogP contribution >= 0.6 is 22.9 Å². The van der Waals surface area contributed by atoms with Crippen LogP contribution in [0.1, 0.15) is 29.8 Å². The Labute approximate surface area is 99.8 Å². The second-order valence-electron chi connectivity index (χ2n) is 3.47. The normalized spacial score (nSPS) is 13.0. The first-order valence-electron chi connectivity index (χ1n) is 5.16. The third kappa shape index (κ3) is 4.91. The number of ether oxygens (including phenoxy) is 1. The van der Waals surface area contributed by atoms with Gasteiger partial charge in [-0.25, -0.2) is 0 Å². The molecule has 1 aromatic heterocycles. The maximum Gasteiger partial charge on any atom is 0.117 e. The number of nitrogens with zero attached hydrogens (tertiary/aromatic N) is 2. The minimum Gasteiger partial charge on any atom is -0.382 e. The fraction of sp³-hybridized carbons (Fsp3) is 0.800. The van der Waals surface area contributed by atoms with E-state index in [1.165, 1.54) is 0 Å². The van der Waals surface area contributed by atoms with Gasteiger partial charge < -0.3 is 4.74 Å². The van der Waals surface area contributed by atoms with Gasteiger partial charge in [0.15, 0.2) is 0 Å². The lowest BCUT2D eigenvalue weighted by atomic mass is 10.2. The number of aryl methyl sites for hydroxylation is 2. The minimum atomic E-state index is 0.292. The number of hydrogen-bond acceptors (Lipinski definition) is 4. The van der Waals surface area contributed by atoms with Crippen LogP contribution in [0.4, 0.5) is 0 Å². The van der Waals surface area contributed by atoms with Crippen molar-refractivity contribution in [3.8, 4) is 0 Å². The second-order valence-corrected chi connectivity index (χ2v) is 4.99. The summed E-state index contributed by atoms with van der Waals surface area (Å²) in [7, 11) is 1.73. The first kappa shape index (κ1) is 12.9. The van der Waals surface area contributed by atoms with Gasteiger partial charge in [-0.15, -0.1) is 33.1 Å². The molecular formula is C10H17ClN2OS. The van der Waals surface area contributed by atoms with Gasteiger partial charge >= 0.3 is 0 Å². The van der Waals surface area contributed by atoms with E-state index >= 15 is 0 Å². The number of aromatic nitrogens is 2. The molecule has 0 saturated carbocycles. The fourth-order valence-electron chi connectivity index (χ4n) is 1.15. The van der Waals surface area contributed by atoms with Crippen molar-refractivity contribution in [3.05, 3.63) is 10.0 Å². The Morgan fingerprint density at radius 3 is 2.60 bits per heavy atom. The van der Waals surface area contributed by atoms with E-state index in [1.54, 1.807) is 18.4 Å². The predicted octanol–water partition coefficient (Wildman–Crippen LogP) is 2.68. The van der Waals surface area contributed by atoms with Gasteiger partial charge in [-0.2, -0.15) is 0 Å². The van der Waals surface area contributed by atoms with E-state index in [0.29, 0.717) is 12.0 Å². The Hall–Kier alpha value is -0.190. The van der Waals surface area contributed by atoms with Crippen LogP contribution in [-0.4, -0.2) is 29.3 Å². The molecule has 1 heterocycles. The third-order valence-corrected chi connectivity index (χ3v) is 3.51. The van der Waals surface area contributed by atoms with Gasteiger partial charge in [0.25, 0.3) is 0 Å². The van der Waals surface area contributed by atoms with Gasteiger partial charge in [0.1, 0.15) is 10.0 Å². The summed E-state index contributed by atoms with van der Waals surface area (Å²) in [4.78, 5) is 0. The van der Waals surface area contributed by atoms with Crippen molar-refractivity contribution < 1.29 is 4.74 Å². The molecule has 5 heteroatoms. The number of halogens is 1. The Balaban J connectivity index is 2.32. The summed E-state index contributed by atoms with van der Waals surface area (Å²) in [5.74, 6) is 0.690. The molecule has 0 N–H and O–H groups in total. The highest BCUT2D eigenvalue weighted by Gasteiger charge is 2.06. The third-order valence-electron chi connectivity index (χ3n) is 2.20. The zero-order chi connectivity index (χ0) is 11.1. The molecular weight excluding hydrogens is 232 g/mol. The largest absolute Gasteiger partial charge is 0.382 e. The molecule has 0 aliphatic rings. The molecule has 3 nitrogen and oxygen atoms in total. The Bertz CT molecular complexity index is 280. The predicted molar refractivity (Wildman–Crippen MR) is 63.7 cm³/mol. The quantitative estimate of drug-likeness (QED) is 0.696. The Kier molecular flexibility index (Phi) is 6.13. The Morgan fingerprint density at radius 2 is 2.00 bits per heavy atom. The van der Waals surface area contributed by atoms with E-state index in [1.807, 2.05) is 0 Å². The molecule has 0 radical (unpaired) electrons. The van der Waals surface area contributed by atoms with Crippen LogP contribution in [-0.2, 0) is 17.6 Å². The lowest BCUT2D eigenvalue weighted by Gasteiger charge is -2.06. The van der Waals surface area contributed by atoms with E-state index in [4.69, 9.17) is 16.3 Å². The van der Waals surface area contributed by atoms with Gasteiger partial charge in [0.05, 0.1) is 6.10 Å². The summed E-state index contributed by atoms with van der Waals surface area (Å²) in [6.45, 7) is 2.06. The van der Waals surface area contributed by atoms with Gasteiger partial charge in [0.2, 0.25) is 0 Å². The molecule has 0 bridgehead atoms. The molecule has 15 heavy (non-hydrogen) atoms. The van der Waals surface area contributed by atoms with Crippen molar-refractivity contribution in [1.82, 2.24) is 10.2 Å². The van der Waals surface area contributed by atoms with E-state index < -0.39 is 0 Å². The highest BCUT2D eigenvalue weighted by Crippen LogP contribution is 2.14. The lowest BCUT2D eigenvalue weighted by molar-refractivity contribution is 0.111. The Morgan fingerprint density at radius 1 is 1.33 bits per heavy atom. The first-order chi connectivity index (χ1) is 7.26. The summed E-state index contributed by atoms with van der Waals surface area (Å²) in [5, 5.41) is 10.5. The van der Waals surface area contributed by atoms with Crippen molar-refractivity contribution in [2.24, 2.45) is 0 Å². The van der Waals surface area contributed by atoms with Gasteiger partial charge in [-0.1, -0.05) is 0 Å². The van der Waals surface area contributed by atoms with Crippen molar-refractivity contribution in [1.29, 1.82) is 0 Å². The lowest BCUT2D eigenvalue weighted by Crippen LogP contribution is -2.05. The molecule has 0 amide bonds. The molecule has 0 fully saturated rings.